The third-order valence-corrected chi connectivity index (χ3v) is 2.42. The summed E-state index contributed by atoms with van der Waals surface area (Å²) in [5.74, 6) is -1.35. The number of benzene rings is 1. The summed E-state index contributed by atoms with van der Waals surface area (Å²) >= 11 is 0. The fourth-order valence-electron chi connectivity index (χ4n) is 1.46. The molecule has 0 aliphatic carbocycles. The van der Waals surface area contributed by atoms with Crippen LogP contribution in [0.3, 0.4) is 0 Å². The second-order valence-corrected chi connectivity index (χ2v) is 4.07. The third-order valence-electron chi connectivity index (χ3n) is 2.42. The standard InChI is InChI=1S/C13H16N2O5/c1-2-3-8-20-13(17)10-6-4-5-7-11(10)14-12(16)9-15(18)19/h4-7H,2-3,8-9H2,1H3,(H,14,16). The van der Waals surface area contributed by atoms with Crippen molar-refractivity contribution in [3.63, 3.8) is 0 Å². The van der Waals surface area contributed by atoms with Gasteiger partial charge in [-0.15, -0.1) is 0 Å². The minimum absolute atomic E-state index is 0.181. The summed E-state index contributed by atoms with van der Waals surface area (Å²) < 4.78 is 5.05. The van der Waals surface area contributed by atoms with Crippen molar-refractivity contribution in [3.05, 3.63) is 39.9 Å². The van der Waals surface area contributed by atoms with E-state index in [2.05, 4.69) is 5.32 Å². The van der Waals surface area contributed by atoms with Crippen molar-refractivity contribution in [2.45, 2.75) is 19.8 Å². The van der Waals surface area contributed by atoms with Crippen LogP contribution in [-0.4, -0.2) is 30.0 Å². The molecule has 0 saturated heterocycles. The fraction of sp³-hybridized carbons (Fsp3) is 0.385. The van der Waals surface area contributed by atoms with Crippen LogP contribution in [0.2, 0.25) is 0 Å². The van der Waals surface area contributed by atoms with E-state index in [-0.39, 0.29) is 11.3 Å². The molecule has 0 unspecified atom stereocenters. The zero-order valence-electron chi connectivity index (χ0n) is 11.1. The van der Waals surface area contributed by atoms with Gasteiger partial charge in [-0.3, -0.25) is 14.9 Å². The van der Waals surface area contributed by atoms with Crippen molar-refractivity contribution in [1.29, 1.82) is 0 Å². The predicted octanol–water partition coefficient (Wildman–Crippen LogP) is 1.86. The summed E-state index contributed by atoms with van der Waals surface area (Å²) in [7, 11) is 0. The van der Waals surface area contributed by atoms with E-state index in [1.807, 2.05) is 6.92 Å². The Morgan fingerprint density at radius 1 is 1.35 bits per heavy atom. The maximum Gasteiger partial charge on any atom is 0.340 e. The van der Waals surface area contributed by atoms with Gasteiger partial charge in [-0.1, -0.05) is 25.5 Å². The Labute approximate surface area is 116 Å². The minimum atomic E-state index is -0.848. The minimum Gasteiger partial charge on any atom is -0.462 e. The topological polar surface area (TPSA) is 98.5 Å². The van der Waals surface area contributed by atoms with Crippen molar-refractivity contribution in [3.8, 4) is 0 Å². The van der Waals surface area contributed by atoms with Crippen molar-refractivity contribution in [1.82, 2.24) is 0 Å². The van der Waals surface area contributed by atoms with Gasteiger partial charge in [0.15, 0.2) is 0 Å². The zero-order chi connectivity index (χ0) is 15.0. The SMILES string of the molecule is CCCCOC(=O)c1ccccc1NC(=O)C[N+](=O)[O-]. The molecule has 1 N–H and O–H groups in total. The Morgan fingerprint density at radius 3 is 2.70 bits per heavy atom. The predicted molar refractivity (Wildman–Crippen MR) is 72.1 cm³/mol. The second-order valence-electron chi connectivity index (χ2n) is 4.07. The van der Waals surface area contributed by atoms with Crippen LogP contribution in [0.15, 0.2) is 24.3 Å². The average Bonchev–Trinajstić information content (AvgIpc) is 2.38. The quantitative estimate of drug-likeness (QED) is 0.356. The number of carbonyl (C=O) groups is 2. The molecule has 0 aliphatic rings. The molecule has 0 fully saturated rings. The molecule has 0 aliphatic heterocycles. The van der Waals surface area contributed by atoms with Crippen LogP contribution in [-0.2, 0) is 9.53 Å². The van der Waals surface area contributed by atoms with Gasteiger partial charge in [0.1, 0.15) is 0 Å². The number of esters is 1. The summed E-state index contributed by atoms with van der Waals surface area (Å²) in [6.45, 7) is 1.42. The molecule has 1 amide bonds. The number of ether oxygens (including phenoxy) is 1. The van der Waals surface area contributed by atoms with Gasteiger partial charge in [-0.05, 0) is 18.6 Å². The van der Waals surface area contributed by atoms with E-state index in [0.29, 0.717) is 6.61 Å². The van der Waals surface area contributed by atoms with E-state index in [4.69, 9.17) is 4.74 Å². The maximum atomic E-state index is 11.8. The summed E-state index contributed by atoms with van der Waals surface area (Å²) in [6, 6.07) is 6.23. The largest absolute Gasteiger partial charge is 0.462 e. The van der Waals surface area contributed by atoms with Gasteiger partial charge in [0.25, 0.3) is 12.5 Å². The maximum absolute atomic E-state index is 11.8. The fourth-order valence-corrected chi connectivity index (χ4v) is 1.46. The van der Waals surface area contributed by atoms with Crippen LogP contribution < -0.4 is 5.32 Å². The number of nitrogens with one attached hydrogen (secondary N) is 1. The van der Waals surface area contributed by atoms with Crippen LogP contribution in [0.5, 0.6) is 0 Å². The zero-order valence-corrected chi connectivity index (χ0v) is 11.1. The highest BCUT2D eigenvalue weighted by Crippen LogP contribution is 2.16. The van der Waals surface area contributed by atoms with E-state index >= 15 is 0 Å². The molecule has 0 saturated carbocycles. The Bertz CT molecular complexity index is 501. The van der Waals surface area contributed by atoms with Crippen molar-refractivity contribution < 1.29 is 19.2 Å². The van der Waals surface area contributed by atoms with Gasteiger partial charge < -0.3 is 10.1 Å². The van der Waals surface area contributed by atoms with E-state index in [1.54, 1.807) is 12.1 Å². The van der Waals surface area contributed by atoms with Gasteiger partial charge in [-0.25, -0.2) is 4.79 Å². The lowest BCUT2D eigenvalue weighted by molar-refractivity contribution is -0.467. The first-order valence-corrected chi connectivity index (χ1v) is 6.22. The molecule has 0 atom stereocenters. The summed E-state index contributed by atoms with van der Waals surface area (Å²) in [6.07, 6.45) is 1.65. The summed E-state index contributed by atoms with van der Waals surface area (Å²) in [5, 5.41) is 12.6. The van der Waals surface area contributed by atoms with Crippen molar-refractivity contribution in [2.75, 3.05) is 18.5 Å². The number of para-hydroxylation sites is 1. The number of unbranched alkanes of at least 4 members (excludes halogenated alkanes) is 1. The Hall–Kier alpha value is -2.44. The molecule has 108 valence electrons. The number of nitro groups is 1. The Kier molecular flexibility index (Phi) is 6.15. The van der Waals surface area contributed by atoms with Crippen LogP contribution >= 0.6 is 0 Å². The lowest BCUT2D eigenvalue weighted by atomic mass is 10.2. The molecule has 0 heterocycles. The molecule has 0 bridgehead atoms. The van der Waals surface area contributed by atoms with Crippen LogP contribution in [0.1, 0.15) is 30.1 Å². The van der Waals surface area contributed by atoms with Crippen LogP contribution in [0.25, 0.3) is 0 Å². The van der Waals surface area contributed by atoms with Gasteiger partial charge in [0.2, 0.25) is 0 Å². The highest BCUT2D eigenvalue weighted by molar-refractivity contribution is 6.01. The van der Waals surface area contributed by atoms with Crippen molar-refractivity contribution in [2.24, 2.45) is 0 Å². The highest BCUT2D eigenvalue weighted by Gasteiger charge is 2.16. The summed E-state index contributed by atoms with van der Waals surface area (Å²) in [5.41, 5.74) is 0.390. The molecular formula is C13H16N2O5. The summed E-state index contributed by atoms with van der Waals surface area (Å²) in [4.78, 5) is 32.7. The van der Waals surface area contributed by atoms with Gasteiger partial charge >= 0.3 is 5.97 Å². The molecular weight excluding hydrogens is 264 g/mol. The van der Waals surface area contributed by atoms with Crippen molar-refractivity contribution >= 4 is 17.6 Å². The first kappa shape index (κ1) is 15.6. The van der Waals surface area contributed by atoms with Gasteiger partial charge in [-0.2, -0.15) is 0 Å². The highest BCUT2D eigenvalue weighted by atomic mass is 16.6. The second kappa shape index (κ2) is 7.88. The molecule has 0 aromatic heterocycles. The van der Waals surface area contributed by atoms with Gasteiger partial charge in [0.05, 0.1) is 17.9 Å². The molecule has 0 spiro atoms. The number of hydrogen-bond acceptors (Lipinski definition) is 5. The molecule has 1 aromatic carbocycles. The van der Waals surface area contributed by atoms with E-state index < -0.39 is 23.3 Å². The first-order valence-electron chi connectivity index (χ1n) is 6.22. The molecule has 7 heteroatoms. The molecule has 1 rings (SSSR count). The Morgan fingerprint density at radius 2 is 2.05 bits per heavy atom. The lowest BCUT2D eigenvalue weighted by Crippen LogP contribution is -2.23. The number of rotatable bonds is 7. The third kappa shape index (κ3) is 5.05. The van der Waals surface area contributed by atoms with Crippen LogP contribution in [0.4, 0.5) is 5.69 Å². The number of anilines is 1. The number of amides is 1. The van der Waals surface area contributed by atoms with Gasteiger partial charge in [0, 0.05) is 4.92 Å². The number of nitrogens with zero attached hydrogens (tertiary/aromatic N) is 1. The molecule has 7 nitrogen and oxygen atoms in total. The normalized spacial score (nSPS) is 9.85. The van der Waals surface area contributed by atoms with E-state index in [9.17, 15) is 19.7 Å². The number of carbonyl (C=O) groups excluding carboxylic acids is 2. The molecule has 0 radical (unpaired) electrons. The number of hydrogen-bond donors (Lipinski definition) is 1. The van der Waals surface area contributed by atoms with E-state index in [0.717, 1.165) is 12.8 Å². The molecule has 1 aromatic rings. The lowest BCUT2D eigenvalue weighted by Gasteiger charge is -2.09. The molecule has 20 heavy (non-hydrogen) atoms. The average molecular weight is 280 g/mol. The monoisotopic (exact) mass is 280 g/mol. The first-order chi connectivity index (χ1) is 9.54. The smallest absolute Gasteiger partial charge is 0.340 e. The Balaban J connectivity index is 2.74. The van der Waals surface area contributed by atoms with E-state index in [1.165, 1.54) is 12.1 Å². The van der Waals surface area contributed by atoms with Crippen LogP contribution in [0, 0.1) is 10.1 Å².